The van der Waals surface area contributed by atoms with Crippen molar-refractivity contribution in [3.63, 3.8) is 0 Å². The summed E-state index contributed by atoms with van der Waals surface area (Å²) in [6.45, 7) is 9.42. The average molecular weight is 542 g/mol. The molecule has 0 saturated heterocycles. The molecule has 3 atom stereocenters. The van der Waals surface area contributed by atoms with Crippen molar-refractivity contribution in [3.05, 3.63) is 65.4 Å². The Bertz CT molecular complexity index is 1420. The molecule has 0 spiro atoms. The van der Waals surface area contributed by atoms with Gasteiger partial charge in [0.15, 0.2) is 11.9 Å². The van der Waals surface area contributed by atoms with Crippen molar-refractivity contribution in [1.29, 1.82) is 0 Å². The van der Waals surface area contributed by atoms with Gasteiger partial charge in [-0.3, -0.25) is 9.52 Å². The zero-order valence-corrected chi connectivity index (χ0v) is 23.6. The number of nitrogens with zero attached hydrogens (tertiary/aromatic N) is 2. The number of aryl methyl sites for hydroxylation is 1. The van der Waals surface area contributed by atoms with E-state index in [1.54, 1.807) is 46.0 Å². The zero-order valence-electron chi connectivity index (χ0n) is 22.8. The van der Waals surface area contributed by atoms with Crippen molar-refractivity contribution in [3.8, 4) is 11.1 Å². The lowest BCUT2D eigenvalue weighted by molar-refractivity contribution is -0.868. The van der Waals surface area contributed by atoms with Crippen molar-refractivity contribution >= 4 is 27.7 Å². The van der Waals surface area contributed by atoms with Gasteiger partial charge in [0.25, 0.3) is 15.9 Å². The molecule has 0 radical (unpaired) electrons. The van der Waals surface area contributed by atoms with Crippen LogP contribution in [0.4, 0.5) is 5.82 Å². The van der Waals surface area contributed by atoms with Gasteiger partial charge in [0.05, 0.1) is 18.4 Å². The first-order valence-corrected chi connectivity index (χ1v) is 14.2. The molecule has 2 aromatic carbocycles. The van der Waals surface area contributed by atoms with E-state index in [2.05, 4.69) is 9.88 Å². The Morgan fingerprint density at radius 3 is 2.24 bits per heavy atom. The number of primary amides is 1. The standard InChI is InChI=1S/C28H36N4O5S/c1-7-18(3)26(27(29)34)32(6,25(33)8-2)17-21-13-15-22(16-14-21)23-11-9-10-12-24(23)38(35,36)31-28-19(4)20(5)37-30-28/h9-16,18,26H,7-8,17H2,1-6H3,(H2-,29,30,31,34)/p+1/t18-,26-,32?/m0/s1. The molecule has 3 N–H and O–H groups in total. The molecule has 3 aromatic rings. The molecule has 0 saturated carbocycles. The minimum Gasteiger partial charge on any atom is -0.364 e. The topological polar surface area (TPSA) is 132 Å². The maximum Gasteiger partial charge on any atom is 0.314 e. The van der Waals surface area contributed by atoms with Gasteiger partial charge in [0, 0.05) is 22.6 Å². The van der Waals surface area contributed by atoms with Gasteiger partial charge in [-0.15, -0.1) is 0 Å². The van der Waals surface area contributed by atoms with Crippen LogP contribution >= 0.6 is 0 Å². The molecule has 1 unspecified atom stereocenters. The van der Waals surface area contributed by atoms with Crippen molar-refractivity contribution in [2.24, 2.45) is 11.7 Å². The summed E-state index contributed by atoms with van der Waals surface area (Å²) in [6.07, 6.45) is 0.988. The summed E-state index contributed by atoms with van der Waals surface area (Å²) in [7, 11) is -2.19. The summed E-state index contributed by atoms with van der Waals surface area (Å²) < 4.78 is 34.0. The summed E-state index contributed by atoms with van der Waals surface area (Å²) >= 11 is 0. The first-order chi connectivity index (χ1) is 17.9. The largest absolute Gasteiger partial charge is 0.364 e. The van der Waals surface area contributed by atoms with Crippen LogP contribution in [0.2, 0.25) is 0 Å². The van der Waals surface area contributed by atoms with Crippen molar-refractivity contribution in [2.75, 3.05) is 11.8 Å². The Kier molecular flexibility index (Phi) is 8.79. The quantitative estimate of drug-likeness (QED) is 0.343. The third kappa shape index (κ3) is 5.81. The number of amides is 2. The number of aromatic nitrogens is 1. The Morgan fingerprint density at radius 2 is 1.71 bits per heavy atom. The summed E-state index contributed by atoms with van der Waals surface area (Å²) in [5.41, 5.74) is 8.44. The number of carbonyl (C=O) groups is 2. The number of likely N-dealkylation sites (N-methyl/N-ethyl adjacent to an activating group) is 1. The number of benzene rings is 2. The summed E-state index contributed by atoms with van der Waals surface area (Å²) in [5, 5.41) is 3.81. The summed E-state index contributed by atoms with van der Waals surface area (Å²) in [5.74, 6) is 0.0403. The molecule has 2 amide bonds. The minimum absolute atomic E-state index is 0.0703. The maximum atomic E-state index is 13.3. The van der Waals surface area contributed by atoms with E-state index in [4.69, 9.17) is 10.3 Å². The monoisotopic (exact) mass is 541 g/mol. The molecule has 0 bridgehead atoms. The predicted octanol–water partition coefficient (Wildman–Crippen LogP) is 4.54. The van der Waals surface area contributed by atoms with Gasteiger partial charge in [-0.2, -0.15) is 0 Å². The van der Waals surface area contributed by atoms with Crippen LogP contribution in [0.3, 0.4) is 0 Å². The highest BCUT2D eigenvalue weighted by Gasteiger charge is 2.45. The van der Waals surface area contributed by atoms with Crippen LogP contribution < -0.4 is 10.5 Å². The van der Waals surface area contributed by atoms with Crippen molar-refractivity contribution in [1.82, 2.24) is 5.16 Å². The number of nitrogens with two attached hydrogens (primary N) is 1. The lowest BCUT2D eigenvalue weighted by atomic mass is 9.93. The van der Waals surface area contributed by atoms with Gasteiger partial charge < -0.3 is 10.3 Å². The van der Waals surface area contributed by atoms with E-state index in [0.717, 1.165) is 5.56 Å². The summed E-state index contributed by atoms with van der Waals surface area (Å²) in [4.78, 5) is 25.7. The fourth-order valence-corrected chi connectivity index (χ4v) is 6.14. The first kappa shape index (κ1) is 29.1. The number of anilines is 1. The number of hydrogen-bond acceptors (Lipinski definition) is 6. The normalized spacial score (nSPS) is 14.9. The fraction of sp³-hybridized carbons (Fsp3) is 0.393. The molecule has 0 aliphatic carbocycles. The molecular weight excluding hydrogens is 504 g/mol. The van der Waals surface area contributed by atoms with Crippen LogP contribution in [-0.2, 0) is 26.2 Å². The highest BCUT2D eigenvalue weighted by atomic mass is 32.2. The third-order valence-electron chi connectivity index (χ3n) is 7.30. The molecule has 204 valence electrons. The number of carbonyl (C=O) groups excluding carboxylic acids is 2. The van der Waals surface area contributed by atoms with Gasteiger partial charge in [0.2, 0.25) is 0 Å². The molecule has 3 rings (SSSR count). The smallest absolute Gasteiger partial charge is 0.314 e. The zero-order chi connectivity index (χ0) is 28.3. The Labute approximate surface area is 224 Å². The maximum absolute atomic E-state index is 13.3. The van der Waals surface area contributed by atoms with Gasteiger partial charge in [-0.25, -0.2) is 17.7 Å². The minimum atomic E-state index is -3.96. The Balaban J connectivity index is 1.96. The second-order valence-corrected chi connectivity index (χ2v) is 11.6. The number of quaternary nitrogens is 1. The number of sulfonamides is 1. The molecule has 0 fully saturated rings. The second kappa shape index (κ2) is 11.5. The van der Waals surface area contributed by atoms with Gasteiger partial charge in [0.1, 0.15) is 12.3 Å². The highest BCUT2D eigenvalue weighted by molar-refractivity contribution is 7.92. The van der Waals surface area contributed by atoms with Crippen LogP contribution in [0.15, 0.2) is 57.9 Å². The molecule has 0 aliphatic heterocycles. The molecule has 10 heteroatoms. The number of hydrogen-bond donors (Lipinski definition) is 2. The van der Waals surface area contributed by atoms with Gasteiger partial charge in [-0.05, 0) is 31.9 Å². The second-order valence-electron chi connectivity index (χ2n) is 9.92. The van der Waals surface area contributed by atoms with Gasteiger partial charge in [-0.1, -0.05) is 68.4 Å². The van der Waals surface area contributed by atoms with Crippen molar-refractivity contribution < 1.29 is 27.0 Å². The van der Waals surface area contributed by atoms with Gasteiger partial charge >= 0.3 is 5.91 Å². The van der Waals surface area contributed by atoms with Crippen molar-refractivity contribution in [2.45, 2.75) is 64.9 Å². The first-order valence-electron chi connectivity index (χ1n) is 12.7. The fourth-order valence-electron chi connectivity index (χ4n) is 4.85. The van der Waals surface area contributed by atoms with E-state index in [-0.39, 0.29) is 40.0 Å². The van der Waals surface area contributed by atoms with E-state index >= 15 is 0 Å². The van der Waals surface area contributed by atoms with E-state index in [9.17, 15) is 18.0 Å². The predicted molar refractivity (Wildman–Crippen MR) is 146 cm³/mol. The molecule has 1 aromatic heterocycles. The number of nitrogens with one attached hydrogen (secondary N) is 1. The molecule has 9 nitrogen and oxygen atoms in total. The Hall–Kier alpha value is -3.50. The van der Waals surface area contributed by atoms with Crippen LogP contribution in [-0.4, -0.2) is 43.0 Å². The van der Waals surface area contributed by atoms with Crippen LogP contribution in [0.25, 0.3) is 11.1 Å². The average Bonchev–Trinajstić information content (AvgIpc) is 3.19. The van der Waals surface area contributed by atoms with E-state index in [1.165, 1.54) is 6.07 Å². The highest BCUT2D eigenvalue weighted by Crippen LogP contribution is 2.31. The molecule has 0 aliphatic rings. The molecular formula is C28H37N4O5S+. The number of rotatable bonds is 11. The SMILES string of the molecule is CCC(=O)[N+](C)(Cc1ccc(-c2ccccc2S(=O)(=O)Nc2noc(C)c2C)cc1)[C@H](C(N)=O)[C@@H](C)CC. The van der Waals surface area contributed by atoms with Crippen LogP contribution in [0, 0.1) is 19.8 Å². The van der Waals surface area contributed by atoms with E-state index in [1.807, 2.05) is 38.1 Å². The van der Waals surface area contributed by atoms with Crippen LogP contribution in [0.1, 0.15) is 50.5 Å². The molecule has 38 heavy (non-hydrogen) atoms. The van der Waals surface area contributed by atoms with E-state index < -0.39 is 22.0 Å². The van der Waals surface area contributed by atoms with E-state index in [0.29, 0.717) is 28.9 Å². The lowest BCUT2D eigenvalue weighted by Crippen LogP contribution is -2.62. The summed E-state index contributed by atoms with van der Waals surface area (Å²) in [6, 6.07) is 13.4. The molecule has 1 heterocycles. The third-order valence-corrected chi connectivity index (χ3v) is 8.70. The lowest BCUT2D eigenvalue weighted by Gasteiger charge is -2.40. The Morgan fingerprint density at radius 1 is 1.08 bits per heavy atom. The van der Waals surface area contributed by atoms with Crippen LogP contribution in [0.5, 0.6) is 0 Å².